The molecule has 0 amide bonds. The fraction of sp³-hybridized carbons (Fsp3) is 0.0392. The third-order valence-electron chi connectivity index (χ3n) is 11.4. The van der Waals surface area contributed by atoms with Gasteiger partial charge in [0.2, 0.25) is 0 Å². The topological polar surface area (TPSA) is 46.7 Å². The summed E-state index contributed by atoms with van der Waals surface area (Å²) in [5, 5.41) is 2.49. The minimum atomic E-state index is -2.99. The Labute approximate surface area is 326 Å². The van der Waals surface area contributed by atoms with E-state index in [2.05, 4.69) is 132 Å². The van der Waals surface area contributed by atoms with Crippen molar-refractivity contribution in [2.24, 2.45) is 9.36 Å². The Morgan fingerprint density at radius 2 is 1.21 bits per heavy atom. The van der Waals surface area contributed by atoms with Gasteiger partial charge >= 0.3 is 0 Å². The molecule has 2 heterocycles. The Bertz CT molecular complexity index is 3170. The summed E-state index contributed by atoms with van der Waals surface area (Å²) in [5.74, 6) is 0.654. The van der Waals surface area contributed by atoms with Crippen molar-refractivity contribution >= 4 is 43.1 Å². The molecule has 266 valence electrons. The molecule has 0 saturated heterocycles. The van der Waals surface area contributed by atoms with Crippen LogP contribution in [-0.4, -0.2) is 14.6 Å². The molecule has 11 rings (SSSR count). The van der Waals surface area contributed by atoms with E-state index in [1.807, 2.05) is 66.7 Å². The lowest BCUT2D eigenvalue weighted by Crippen LogP contribution is -2.12. The molecule has 56 heavy (non-hydrogen) atoms. The van der Waals surface area contributed by atoms with E-state index in [9.17, 15) is 0 Å². The van der Waals surface area contributed by atoms with Crippen LogP contribution in [0.2, 0.25) is 0 Å². The van der Waals surface area contributed by atoms with Crippen LogP contribution >= 0.6 is 0 Å². The quantitative estimate of drug-likeness (QED) is 0.168. The molecule has 0 fully saturated rings. The molecule has 5 heteroatoms. The number of hydrogen-bond acceptors (Lipinski definition) is 3. The third kappa shape index (κ3) is 5.19. The van der Waals surface area contributed by atoms with Gasteiger partial charge in [0.1, 0.15) is 9.73 Å². The molecule has 0 N–H and O–H groups in total. The Kier molecular flexibility index (Phi) is 7.51. The molecule has 9 aromatic rings. The van der Waals surface area contributed by atoms with Crippen LogP contribution in [0.5, 0.6) is 0 Å². The fourth-order valence-electron chi connectivity index (χ4n) is 8.77. The molecule has 0 spiro atoms. The number of nitrogens with zero attached hydrogens (tertiary/aromatic N) is 3. The average Bonchev–Trinajstić information content (AvgIpc) is 3.76. The second-order valence-electron chi connectivity index (χ2n) is 14.6. The van der Waals surface area contributed by atoms with Crippen molar-refractivity contribution < 1.29 is 4.21 Å². The van der Waals surface area contributed by atoms with Crippen molar-refractivity contribution in [2.45, 2.75) is 22.1 Å². The summed E-state index contributed by atoms with van der Waals surface area (Å²) in [6.07, 6.45) is 0.777. The molecule has 0 radical (unpaired) electrons. The normalized spacial score (nSPS) is 16.9. The zero-order valence-corrected chi connectivity index (χ0v) is 31.2. The third-order valence-corrected chi connectivity index (χ3v) is 13.6. The Morgan fingerprint density at radius 3 is 2.11 bits per heavy atom. The van der Waals surface area contributed by atoms with Gasteiger partial charge < -0.3 is 4.57 Å². The average molecular weight is 738 g/mol. The SMILES string of the molecule is O=S1(c2cccc(CC3c4ccccc4-c4cc(-c5ccc6c(c5)c5ccccc5n6-c5ccccc5)ccc43)c2)=NC(c2ccccc2)=Nc2ccccc21. The summed E-state index contributed by atoms with van der Waals surface area (Å²) in [4.78, 5) is 6.19. The molecular formula is C51H35N3OS. The number of aliphatic imine (C=N–C) groups is 1. The molecule has 0 bridgehead atoms. The number of fused-ring (bicyclic) bond motifs is 7. The monoisotopic (exact) mass is 737 g/mol. The minimum absolute atomic E-state index is 0.159. The first-order valence-corrected chi connectivity index (χ1v) is 20.6. The minimum Gasteiger partial charge on any atom is -0.309 e. The molecule has 1 aliphatic carbocycles. The second-order valence-corrected chi connectivity index (χ2v) is 16.7. The van der Waals surface area contributed by atoms with Gasteiger partial charge in [-0.05, 0) is 106 Å². The van der Waals surface area contributed by atoms with Crippen molar-refractivity contribution in [1.29, 1.82) is 0 Å². The molecule has 2 unspecified atom stereocenters. The van der Waals surface area contributed by atoms with Gasteiger partial charge in [-0.3, -0.25) is 0 Å². The van der Waals surface area contributed by atoms with Crippen molar-refractivity contribution in [3.8, 4) is 27.9 Å². The molecule has 2 atom stereocenters. The Hall–Kier alpha value is -6.82. The summed E-state index contributed by atoms with van der Waals surface area (Å²) < 4.78 is 22.4. The van der Waals surface area contributed by atoms with Gasteiger partial charge in [-0.15, -0.1) is 0 Å². The molecule has 2 aliphatic rings. The van der Waals surface area contributed by atoms with Gasteiger partial charge in [0.25, 0.3) is 0 Å². The summed E-state index contributed by atoms with van der Waals surface area (Å²) in [7, 11) is -2.99. The maximum absolute atomic E-state index is 15.2. The lowest BCUT2D eigenvalue weighted by atomic mass is 9.89. The summed E-state index contributed by atoms with van der Waals surface area (Å²) in [6, 6.07) is 67.7. The number of benzene rings is 8. The molecule has 4 nitrogen and oxygen atoms in total. The van der Waals surface area contributed by atoms with Gasteiger partial charge in [-0.2, -0.15) is 4.36 Å². The van der Waals surface area contributed by atoms with Gasteiger partial charge in [0, 0.05) is 27.9 Å². The van der Waals surface area contributed by atoms with Crippen LogP contribution in [0, 0.1) is 0 Å². The number of aromatic nitrogens is 1. The Morgan fingerprint density at radius 1 is 0.518 bits per heavy atom. The largest absolute Gasteiger partial charge is 0.309 e. The number of rotatable bonds is 6. The summed E-state index contributed by atoms with van der Waals surface area (Å²) >= 11 is 0. The molecule has 1 aliphatic heterocycles. The summed E-state index contributed by atoms with van der Waals surface area (Å²) in [6.45, 7) is 0. The molecule has 8 aromatic carbocycles. The maximum atomic E-state index is 15.2. The highest BCUT2D eigenvalue weighted by molar-refractivity contribution is 7.94. The predicted molar refractivity (Wildman–Crippen MR) is 230 cm³/mol. The smallest absolute Gasteiger partial charge is 0.170 e. The molecule has 1 aromatic heterocycles. The number of para-hydroxylation sites is 3. The molecule has 0 saturated carbocycles. The van der Waals surface area contributed by atoms with E-state index in [0.717, 1.165) is 23.2 Å². The number of amidine groups is 1. The van der Waals surface area contributed by atoms with E-state index >= 15 is 4.21 Å². The predicted octanol–water partition coefficient (Wildman–Crippen LogP) is 12.8. The van der Waals surface area contributed by atoms with Crippen LogP contribution in [0.15, 0.2) is 213 Å². The van der Waals surface area contributed by atoms with Gasteiger partial charge in [-0.1, -0.05) is 133 Å². The van der Waals surface area contributed by atoms with Crippen molar-refractivity contribution in [2.75, 3.05) is 0 Å². The zero-order chi connectivity index (χ0) is 37.2. The van der Waals surface area contributed by atoms with Crippen LogP contribution in [0.25, 0.3) is 49.7 Å². The van der Waals surface area contributed by atoms with Crippen molar-refractivity contribution in [1.82, 2.24) is 4.57 Å². The summed E-state index contributed by atoms with van der Waals surface area (Å²) in [5.41, 5.74) is 13.8. The Balaban J connectivity index is 0.977. The van der Waals surface area contributed by atoms with E-state index < -0.39 is 9.73 Å². The van der Waals surface area contributed by atoms with E-state index in [0.29, 0.717) is 21.3 Å². The van der Waals surface area contributed by atoms with Crippen LogP contribution in [0.1, 0.15) is 28.2 Å². The lowest BCUT2D eigenvalue weighted by Gasteiger charge is -2.20. The molecular weight excluding hydrogens is 703 g/mol. The van der Waals surface area contributed by atoms with E-state index in [-0.39, 0.29) is 5.92 Å². The van der Waals surface area contributed by atoms with Gasteiger partial charge in [-0.25, -0.2) is 9.20 Å². The maximum Gasteiger partial charge on any atom is 0.170 e. The van der Waals surface area contributed by atoms with Crippen LogP contribution in [-0.2, 0) is 16.1 Å². The van der Waals surface area contributed by atoms with Crippen LogP contribution < -0.4 is 0 Å². The van der Waals surface area contributed by atoms with Crippen molar-refractivity contribution in [3.05, 3.63) is 216 Å². The van der Waals surface area contributed by atoms with Crippen LogP contribution in [0.4, 0.5) is 5.69 Å². The van der Waals surface area contributed by atoms with Gasteiger partial charge in [0.05, 0.1) is 26.5 Å². The van der Waals surface area contributed by atoms with Gasteiger partial charge in [0.15, 0.2) is 5.84 Å². The highest BCUT2D eigenvalue weighted by atomic mass is 32.2. The van der Waals surface area contributed by atoms with E-state index in [1.165, 1.54) is 55.2 Å². The van der Waals surface area contributed by atoms with Crippen molar-refractivity contribution in [3.63, 3.8) is 0 Å². The standard InChI is InChI=1S/C51H35N3OS/c55-56(50-25-12-10-23-47(50)52-51(53-56)35-15-3-1-4-16-35)39-19-13-14-34(30-39)31-44-40-20-7-8-21-41(40)45-32-36(26-28-42(44)45)37-27-29-49-46(33-37)43-22-9-11-24-48(43)54(49)38-17-5-2-6-18-38/h1-30,32-33,44H,31H2. The first-order chi connectivity index (χ1) is 27.6. The highest BCUT2D eigenvalue weighted by Crippen LogP contribution is 2.48. The number of hydrogen-bond donors (Lipinski definition) is 0. The van der Waals surface area contributed by atoms with E-state index in [4.69, 9.17) is 9.36 Å². The zero-order valence-electron chi connectivity index (χ0n) is 30.4. The van der Waals surface area contributed by atoms with E-state index in [1.54, 1.807) is 0 Å². The second kappa shape index (κ2) is 12.9. The first-order valence-electron chi connectivity index (χ1n) is 19.0. The lowest BCUT2D eigenvalue weighted by molar-refractivity contribution is 0.676. The fourth-order valence-corrected chi connectivity index (χ4v) is 10.8. The van der Waals surface area contributed by atoms with Crippen LogP contribution in [0.3, 0.4) is 0 Å². The highest BCUT2D eigenvalue weighted by Gasteiger charge is 2.30. The first kappa shape index (κ1) is 32.6.